The van der Waals surface area contributed by atoms with Gasteiger partial charge in [-0.1, -0.05) is 6.07 Å². The molecule has 0 aliphatic heterocycles. The Hall–Kier alpha value is -1.62. The van der Waals surface area contributed by atoms with E-state index in [-0.39, 0.29) is 17.9 Å². The largest absolute Gasteiger partial charge is 0.444 e. The molecule has 0 radical (unpaired) electrons. The monoisotopic (exact) mass is 308 g/mol. The van der Waals surface area contributed by atoms with Gasteiger partial charge in [-0.25, -0.2) is 9.18 Å². The SMILES string of the molecule is CC(CNC(=O)OC(C)(C)C)NC1CCc2cc(F)ccc21. The number of hydrogen-bond donors (Lipinski definition) is 2. The van der Waals surface area contributed by atoms with E-state index in [1.807, 2.05) is 33.8 Å². The van der Waals surface area contributed by atoms with E-state index in [1.54, 1.807) is 6.07 Å². The number of amides is 1. The van der Waals surface area contributed by atoms with E-state index in [9.17, 15) is 9.18 Å². The number of fused-ring (bicyclic) bond motifs is 1. The zero-order valence-corrected chi connectivity index (χ0v) is 13.7. The summed E-state index contributed by atoms with van der Waals surface area (Å²) in [7, 11) is 0. The van der Waals surface area contributed by atoms with Crippen LogP contribution >= 0.6 is 0 Å². The van der Waals surface area contributed by atoms with Crippen molar-refractivity contribution in [2.45, 2.75) is 58.2 Å². The first kappa shape index (κ1) is 16.7. The van der Waals surface area contributed by atoms with Crippen LogP contribution in [0.5, 0.6) is 0 Å². The molecule has 22 heavy (non-hydrogen) atoms. The highest BCUT2D eigenvalue weighted by atomic mass is 19.1. The Bertz CT molecular complexity index is 540. The van der Waals surface area contributed by atoms with Crippen molar-refractivity contribution in [2.75, 3.05) is 6.54 Å². The van der Waals surface area contributed by atoms with E-state index >= 15 is 0 Å². The minimum atomic E-state index is -0.491. The van der Waals surface area contributed by atoms with Gasteiger partial charge < -0.3 is 15.4 Å². The third kappa shape index (κ3) is 4.70. The van der Waals surface area contributed by atoms with Crippen molar-refractivity contribution in [1.29, 1.82) is 0 Å². The number of carbonyl (C=O) groups is 1. The lowest BCUT2D eigenvalue weighted by Gasteiger charge is -2.23. The molecule has 122 valence electrons. The summed E-state index contributed by atoms with van der Waals surface area (Å²) >= 11 is 0. The minimum Gasteiger partial charge on any atom is -0.444 e. The fraction of sp³-hybridized carbons (Fsp3) is 0.588. The molecule has 2 rings (SSSR count). The van der Waals surface area contributed by atoms with E-state index in [0.29, 0.717) is 6.54 Å². The van der Waals surface area contributed by atoms with E-state index in [2.05, 4.69) is 10.6 Å². The van der Waals surface area contributed by atoms with Crippen molar-refractivity contribution in [3.8, 4) is 0 Å². The van der Waals surface area contributed by atoms with Gasteiger partial charge in [0.25, 0.3) is 0 Å². The van der Waals surface area contributed by atoms with Gasteiger partial charge in [0, 0.05) is 18.6 Å². The van der Waals surface area contributed by atoms with Crippen molar-refractivity contribution >= 4 is 6.09 Å². The van der Waals surface area contributed by atoms with Crippen LogP contribution in [0.4, 0.5) is 9.18 Å². The maximum Gasteiger partial charge on any atom is 0.407 e. The molecule has 1 aliphatic rings. The summed E-state index contributed by atoms with van der Waals surface area (Å²) in [6, 6.07) is 5.28. The maximum atomic E-state index is 13.2. The van der Waals surface area contributed by atoms with E-state index in [4.69, 9.17) is 4.74 Å². The molecule has 0 aromatic heterocycles. The van der Waals surface area contributed by atoms with Crippen molar-refractivity contribution in [1.82, 2.24) is 10.6 Å². The molecule has 1 aliphatic carbocycles. The fourth-order valence-corrected chi connectivity index (χ4v) is 2.71. The Morgan fingerprint density at radius 1 is 1.45 bits per heavy atom. The second kappa shape index (κ2) is 6.65. The van der Waals surface area contributed by atoms with Crippen LogP contribution in [-0.2, 0) is 11.2 Å². The maximum absolute atomic E-state index is 13.2. The van der Waals surface area contributed by atoms with Crippen molar-refractivity contribution < 1.29 is 13.9 Å². The zero-order chi connectivity index (χ0) is 16.3. The zero-order valence-electron chi connectivity index (χ0n) is 13.7. The van der Waals surface area contributed by atoms with Crippen LogP contribution in [0.15, 0.2) is 18.2 Å². The molecular formula is C17H25FN2O2. The standard InChI is InChI=1S/C17H25FN2O2/c1-11(10-19-16(21)22-17(2,3)4)20-15-8-5-12-9-13(18)6-7-14(12)15/h6-7,9,11,15,20H,5,8,10H2,1-4H3,(H,19,21). The van der Waals surface area contributed by atoms with Gasteiger partial charge in [-0.3, -0.25) is 0 Å². The second-order valence-corrected chi connectivity index (χ2v) is 6.88. The lowest BCUT2D eigenvalue weighted by molar-refractivity contribution is 0.0522. The molecular weight excluding hydrogens is 283 g/mol. The van der Waals surface area contributed by atoms with Crippen molar-refractivity contribution in [3.63, 3.8) is 0 Å². The van der Waals surface area contributed by atoms with Crippen LogP contribution in [0.3, 0.4) is 0 Å². The first-order valence-corrected chi connectivity index (χ1v) is 7.76. The highest BCUT2D eigenvalue weighted by Crippen LogP contribution is 2.31. The van der Waals surface area contributed by atoms with E-state index in [0.717, 1.165) is 24.0 Å². The van der Waals surface area contributed by atoms with Crippen LogP contribution in [-0.4, -0.2) is 24.3 Å². The van der Waals surface area contributed by atoms with Gasteiger partial charge in [0.2, 0.25) is 0 Å². The number of alkyl carbamates (subject to hydrolysis) is 1. The van der Waals surface area contributed by atoms with Gasteiger partial charge in [0.15, 0.2) is 0 Å². The van der Waals surface area contributed by atoms with Crippen molar-refractivity contribution in [2.24, 2.45) is 0 Å². The summed E-state index contributed by atoms with van der Waals surface area (Å²) in [6.07, 6.45) is 1.43. The molecule has 0 bridgehead atoms. The number of nitrogens with one attached hydrogen (secondary N) is 2. The van der Waals surface area contributed by atoms with Crippen LogP contribution in [0.1, 0.15) is 51.3 Å². The first-order chi connectivity index (χ1) is 10.2. The molecule has 4 nitrogen and oxygen atoms in total. The van der Waals surface area contributed by atoms with E-state index in [1.165, 1.54) is 6.07 Å². The topological polar surface area (TPSA) is 50.4 Å². The lowest BCUT2D eigenvalue weighted by Crippen LogP contribution is -2.42. The minimum absolute atomic E-state index is 0.105. The number of hydrogen-bond acceptors (Lipinski definition) is 3. The summed E-state index contributed by atoms with van der Waals surface area (Å²) in [4.78, 5) is 11.6. The Balaban J connectivity index is 1.82. The molecule has 1 aromatic rings. The second-order valence-electron chi connectivity index (χ2n) is 6.88. The first-order valence-electron chi connectivity index (χ1n) is 7.76. The number of rotatable bonds is 4. The molecule has 2 N–H and O–H groups in total. The lowest BCUT2D eigenvalue weighted by atomic mass is 10.1. The molecule has 1 amide bonds. The molecule has 0 spiro atoms. The fourth-order valence-electron chi connectivity index (χ4n) is 2.71. The predicted octanol–water partition coefficient (Wildman–Crippen LogP) is 3.32. The predicted molar refractivity (Wildman–Crippen MR) is 84.3 cm³/mol. The highest BCUT2D eigenvalue weighted by Gasteiger charge is 2.24. The Labute approximate surface area is 131 Å². The summed E-state index contributed by atoms with van der Waals surface area (Å²) in [6.45, 7) is 8.01. The number of aryl methyl sites for hydroxylation is 1. The van der Waals surface area contributed by atoms with Gasteiger partial charge in [0.05, 0.1) is 0 Å². The molecule has 0 saturated heterocycles. The van der Waals surface area contributed by atoms with Gasteiger partial charge in [-0.2, -0.15) is 0 Å². The Morgan fingerprint density at radius 2 is 2.18 bits per heavy atom. The van der Waals surface area contributed by atoms with Crippen LogP contribution in [0.2, 0.25) is 0 Å². The molecule has 1 aromatic carbocycles. The molecule has 2 unspecified atom stereocenters. The van der Waals surface area contributed by atoms with Crippen molar-refractivity contribution in [3.05, 3.63) is 35.1 Å². The third-order valence-electron chi connectivity index (χ3n) is 3.62. The smallest absolute Gasteiger partial charge is 0.407 e. The quantitative estimate of drug-likeness (QED) is 0.897. The van der Waals surface area contributed by atoms with Gasteiger partial charge in [0.1, 0.15) is 11.4 Å². The molecule has 0 heterocycles. The summed E-state index contributed by atoms with van der Waals surface area (Å²) < 4.78 is 18.4. The summed E-state index contributed by atoms with van der Waals surface area (Å²) in [5.74, 6) is -0.181. The normalized spacial score (nSPS) is 18.7. The van der Waals surface area contributed by atoms with Gasteiger partial charge >= 0.3 is 6.09 Å². The number of ether oxygens (including phenoxy) is 1. The van der Waals surface area contributed by atoms with E-state index < -0.39 is 11.7 Å². The molecule has 2 atom stereocenters. The molecule has 5 heteroatoms. The molecule has 0 saturated carbocycles. The van der Waals surface area contributed by atoms with Gasteiger partial charge in [-0.05, 0) is 63.8 Å². The summed E-state index contributed by atoms with van der Waals surface area (Å²) in [5, 5.41) is 6.24. The van der Waals surface area contributed by atoms with Crippen LogP contribution in [0.25, 0.3) is 0 Å². The molecule has 0 fully saturated rings. The van der Waals surface area contributed by atoms with Gasteiger partial charge in [-0.15, -0.1) is 0 Å². The highest BCUT2D eigenvalue weighted by molar-refractivity contribution is 5.67. The number of halogens is 1. The van der Waals surface area contributed by atoms with Crippen LogP contribution < -0.4 is 10.6 Å². The van der Waals surface area contributed by atoms with Crippen LogP contribution in [0, 0.1) is 5.82 Å². The average molecular weight is 308 g/mol. The number of benzene rings is 1. The number of carbonyl (C=O) groups excluding carboxylic acids is 1. The summed E-state index contributed by atoms with van der Waals surface area (Å²) in [5.41, 5.74) is 1.74. The Kier molecular flexibility index (Phi) is 5.06. The third-order valence-corrected chi connectivity index (χ3v) is 3.62. The Morgan fingerprint density at radius 3 is 2.86 bits per heavy atom. The average Bonchev–Trinajstić information content (AvgIpc) is 2.77.